The number of aliphatic hydroxyl groups excluding tert-OH is 3. The van der Waals surface area contributed by atoms with E-state index < -0.39 is 36.2 Å². The van der Waals surface area contributed by atoms with Crippen molar-refractivity contribution in [1.82, 2.24) is 5.06 Å². The zero-order chi connectivity index (χ0) is 27.9. The smallest absolute Gasteiger partial charge is 0.331 e. The number of ether oxygens (including phenoxy) is 2. The SMILES string of the molecule is CON(C1O[C@H](C)[C@H](O)[C@H](O)[C@H]1O)[C@H]1CC[C@@]2(C)C(CCC3C2CC[C@]2(C)[C@@H](C4=CC(=O)OC4)CC[C@]32O)C1. The molecule has 4 unspecified atom stereocenters. The van der Waals surface area contributed by atoms with Crippen molar-refractivity contribution in [2.45, 2.75) is 121 Å². The number of hydrogen-bond donors (Lipinski definition) is 4. The van der Waals surface area contributed by atoms with E-state index in [2.05, 4.69) is 13.8 Å². The quantitative estimate of drug-likeness (QED) is 0.308. The monoisotopic (exact) mass is 549 g/mol. The van der Waals surface area contributed by atoms with Crippen molar-refractivity contribution in [1.29, 1.82) is 0 Å². The predicted molar refractivity (Wildman–Crippen MR) is 141 cm³/mol. The second-order valence-corrected chi connectivity index (χ2v) is 14.0. The van der Waals surface area contributed by atoms with E-state index in [1.165, 1.54) is 0 Å². The van der Waals surface area contributed by atoms with Crippen LogP contribution in [0.5, 0.6) is 0 Å². The average molecular weight is 550 g/mol. The number of esters is 1. The first-order valence-electron chi connectivity index (χ1n) is 15.1. The Labute approximate surface area is 231 Å². The van der Waals surface area contributed by atoms with Gasteiger partial charge in [0.25, 0.3) is 0 Å². The maximum absolute atomic E-state index is 12.4. The molecule has 0 aromatic rings. The molecule has 9 nitrogen and oxygen atoms in total. The van der Waals surface area contributed by atoms with E-state index in [9.17, 15) is 25.2 Å². The van der Waals surface area contributed by atoms with Crippen LogP contribution in [0.2, 0.25) is 0 Å². The maximum Gasteiger partial charge on any atom is 0.331 e. The minimum Gasteiger partial charge on any atom is -0.458 e. The van der Waals surface area contributed by atoms with Gasteiger partial charge in [-0.1, -0.05) is 13.8 Å². The van der Waals surface area contributed by atoms with Gasteiger partial charge in [0.15, 0.2) is 6.23 Å². The predicted octanol–water partition coefficient (Wildman–Crippen LogP) is 2.30. The van der Waals surface area contributed by atoms with Gasteiger partial charge < -0.3 is 29.9 Å². The fourth-order valence-electron chi connectivity index (χ4n) is 10.3. The van der Waals surface area contributed by atoms with Crippen molar-refractivity contribution < 1.29 is 39.5 Å². The van der Waals surface area contributed by atoms with Crippen LogP contribution < -0.4 is 0 Å². The fourth-order valence-corrected chi connectivity index (χ4v) is 10.3. The van der Waals surface area contributed by atoms with E-state index in [0.717, 1.165) is 63.4 Å². The van der Waals surface area contributed by atoms with Crippen LogP contribution in [0.3, 0.4) is 0 Å². The van der Waals surface area contributed by atoms with Crippen LogP contribution in [0.15, 0.2) is 11.6 Å². The summed E-state index contributed by atoms with van der Waals surface area (Å²) >= 11 is 0. The zero-order valence-corrected chi connectivity index (χ0v) is 23.8. The van der Waals surface area contributed by atoms with Crippen molar-refractivity contribution in [3.8, 4) is 0 Å². The molecule has 2 aliphatic heterocycles. The summed E-state index contributed by atoms with van der Waals surface area (Å²) in [6.07, 6.45) is 5.02. The Morgan fingerprint density at radius 1 is 0.974 bits per heavy atom. The summed E-state index contributed by atoms with van der Waals surface area (Å²) < 4.78 is 11.2. The molecule has 39 heavy (non-hydrogen) atoms. The maximum atomic E-state index is 12.4. The molecular weight excluding hydrogens is 502 g/mol. The minimum atomic E-state index is -1.29. The lowest BCUT2D eigenvalue weighted by Crippen LogP contribution is -2.65. The summed E-state index contributed by atoms with van der Waals surface area (Å²) in [6.45, 7) is 6.76. The number of rotatable bonds is 4. The van der Waals surface area contributed by atoms with Gasteiger partial charge in [0, 0.05) is 17.5 Å². The van der Waals surface area contributed by atoms with Crippen LogP contribution in [-0.2, 0) is 19.1 Å². The standard InChI is InChI=1S/C30H47NO8/c1-16-24(33)25(34)26(35)27(39-16)31(37-4)19-7-10-28(2)18(14-19)5-6-22-21(28)8-11-29(3)20(9-12-30(22,29)36)17-13-23(32)38-15-17/h13,16,18-22,24-27,33-36H,5-12,14-15H2,1-4H3/t16-,18?,19+,20-,21?,22?,24+,25+,26-,27?,28+,29-,30+/m1/s1. The van der Waals surface area contributed by atoms with Crippen molar-refractivity contribution in [3.05, 3.63) is 11.6 Å². The molecule has 0 bridgehead atoms. The minimum absolute atomic E-state index is 0.0264. The Kier molecular flexibility index (Phi) is 7.02. The third-order valence-corrected chi connectivity index (χ3v) is 12.6. The summed E-state index contributed by atoms with van der Waals surface area (Å²) in [5.41, 5.74) is 0.201. The highest BCUT2D eigenvalue weighted by atomic mass is 16.7. The Bertz CT molecular complexity index is 1010. The first-order chi connectivity index (χ1) is 18.4. The largest absolute Gasteiger partial charge is 0.458 e. The summed E-state index contributed by atoms with van der Waals surface area (Å²) in [5, 5.41) is 45.4. The topological polar surface area (TPSA) is 129 Å². The molecule has 4 aliphatic carbocycles. The van der Waals surface area contributed by atoms with Crippen LogP contribution >= 0.6 is 0 Å². The van der Waals surface area contributed by atoms with Gasteiger partial charge in [-0.2, -0.15) is 5.06 Å². The van der Waals surface area contributed by atoms with Crippen LogP contribution in [0, 0.1) is 34.5 Å². The molecule has 0 spiro atoms. The van der Waals surface area contributed by atoms with Gasteiger partial charge in [0.05, 0.1) is 18.8 Å². The molecule has 13 atom stereocenters. The zero-order valence-electron chi connectivity index (χ0n) is 23.8. The lowest BCUT2D eigenvalue weighted by atomic mass is 9.43. The van der Waals surface area contributed by atoms with Crippen molar-refractivity contribution in [3.63, 3.8) is 0 Å². The van der Waals surface area contributed by atoms with Crippen LogP contribution in [-0.4, -0.2) is 87.5 Å². The number of carbonyl (C=O) groups excluding carboxylic acids is 1. The van der Waals surface area contributed by atoms with Crippen LogP contribution in [0.4, 0.5) is 0 Å². The third kappa shape index (κ3) is 4.02. The van der Waals surface area contributed by atoms with Gasteiger partial charge in [-0.05, 0) is 99.4 Å². The number of carbonyl (C=O) groups is 1. The fraction of sp³-hybridized carbons (Fsp3) is 0.900. The molecule has 1 saturated heterocycles. The molecule has 9 heteroatoms. The molecular formula is C30H47NO8. The van der Waals surface area contributed by atoms with E-state index in [1.54, 1.807) is 25.2 Å². The van der Waals surface area contributed by atoms with Gasteiger partial charge in [-0.3, -0.25) is 4.84 Å². The van der Waals surface area contributed by atoms with Gasteiger partial charge in [0.2, 0.25) is 0 Å². The number of nitrogens with zero attached hydrogens (tertiary/aromatic N) is 1. The molecule has 4 saturated carbocycles. The highest BCUT2D eigenvalue weighted by Crippen LogP contribution is 2.70. The van der Waals surface area contributed by atoms with E-state index >= 15 is 0 Å². The molecule has 5 fully saturated rings. The van der Waals surface area contributed by atoms with Crippen LogP contribution in [0.25, 0.3) is 0 Å². The Morgan fingerprint density at radius 3 is 2.44 bits per heavy atom. The summed E-state index contributed by atoms with van der Waals surface area (Å²) in [5.74, 6) is 1.09. The molecule has 6 aliphatic rings. The number of cyclic esters (lactones) is 1. The van der Waals surface area contributed by atoms with Gasteiger partial charge in [-0.25, -0.2) is 4.79 Å². The second kappa shape index (κ2) is 9.75. The summed E-state index contributed by atoms with van der Waals surface area (Å²) in [4.78, 5) is 17.6. The van der Waals surface area contributed by atoms with E-state index in [4.69, 9.17) is 14.3 Å². The average Bonchev–Trinajstić information content (AvgIpc) is 3.45. The molecule has 0 aromatic heterocycles. The molecule has 6 rings (SSSR count). The Morgan fingerprint density at radius 2 is 1.74 bits per heavy atom. The lowest BCUT2D eigenvalue weighted by Gasteiger charge is -2.64. The second-order valence-electron chi connectivity index (χ2n) is 14.0. The molecule has 2 heterocycles. The van der Waals surface area contributed by atoms with Gasteiger partial charge in [-0.15, -0.1) is 0 Å². The Hall–Kier alpha value is -1.07. The number of hydroxylamine groups is 2. The van der Waals surface area contributed by atoms with E-state index in [0.29, 0.717) is 18.4 Å². The number of aliphatic hydroxyl groups is 4. The van der Waals surface area contributed by atoms with Crippen molar-refractivity contribution in [2.24, 2.45) is 34.5 Å². The van der Waals surface area contributed by atoms with E-state index in [-0.39, 0.29) is 34.7 Å². The number of hydrogen-bond acceptors (Lipinski definition) is 9. The highest BCUT2D eigenvalue weighted by Gasteiger charge is 2.68. The summed E-state index contributed by atoms with van der Waals surface area (Å²) in [7, 11) is 1.58. The molecule has 0 amide bonds. The first-order valence-corrected chi connectivity index (χ1v) is 15.1. The van der Waals surface area contributed by atoms with Crippen molar-refractivity contribution >= 4 is 5.97 Å². The highest BCUT2D eigenvalue weighted by molar-refractivity contribution is 5.85. The first kappa shape index (κ1) is 28.1. The van der Waals surface area contributed by atoms with Crippen LogP contribution in [0.1, 0.15) is 78.6 Å². The van der Waals surface area contributed by atoms with E-state index in [1.807, 2.05) is 0 Å². The summed E-state index contributed by atoms with van der Waals surface area (Å²) in [6, 6.07) is 0.0264. The third-order valence-electron chi connectivity index (χ3n) is 12.6. The molecule has 0 radical (unpaired) electrons. The Balaban J connectivity index is 1.19. The molecule has 4 N–H and O–H groups in total. The number of fused-ring (bicyclic) bond motifs is 5. The normalized spacial score (nSPS) is 53.6. The molecule has 220 valence electrons. The van der Waals surface area contributed by atoms with Crippen molar-refractivity contribution in [2.75, 3.05) is 13.7 Å². The lowest BCUT2D eigenvalue weighted by molar-refractivity contribution is -0.340. The molecule has 0 aromatic carbocycles. The van der Waals surface area contributed by atoms with Gasteiger partial charge >= 0.3 is 5.97 Å². The van der Waals surface area contributed by atoms with Gasteiger partial charge in [0.1, 0.15) is 24.9 Å².